The largest absolute Gasteiger partial charge is 0.496 e. The molecule has 0 unspecified atom stereocenters. The van der Waals surface area contributed by atoms with Crippen LogP contribution in [0.15, 0.2) is 70.5 Å². The van der Waals surface area contributed by atoms with E-state index in [1.54, 1.807) is 31.0 Å². The Hall–Kier alpha value is -2.55. The molecule has 32 heavy (non-hydrogen) atoms. The summed E-state index contributed by atoms with van der Waals surface area (Å²) >= 11 is 1.57. The van der Waals surface area contributed by atoms with Crippen LogP contribution >= 0.6 is 11.8 Å². The Labute approximate surface area is 193 Å². The number of hydrogen-bond acceptors (Lipinski definition) is 5. The average molecular weight is 471 g/mol. The summed E-state index contributed by atoms with van der Waals surface area (Å²) in [6, 6.07) is 18.4. The molecule has 4 rings (SSSR count). The number of amides is 1. The zero-order chi connectivity index (χ0) is 22.7. The van der Waals surface area contributed by atoms with Crippen LogP contribution in [0.5, 0.6) is 5.75 Å². The van der Waals surface area contributed by atoms with Crippen molar-refractivity contribution in [2.45, 2.75) is 22.6 Å². The predicted octanol–water partition coefficient (Wildman–Crippen LogP) is 4.61. The van der Waals surface area contributed by atoms with Crippen LogP contribution in [0.3, 0.4) is 0 Å². The van der Waals surface area contributed by atoms with Gasteiger partial charge in [0.1, 0.15) is 5.75 Å². The van der Waals surface area contributed by atoms with E-state index in [1.807, 2.05) is 54.8 Å². The van der Waals surface area contributed by atoms with Crippen molar-refractivity contribution in [3.63, 3.8) is 0 Å². The van der Waals surface area contributed by atoms with Gasteiger partial charge in [-0.05, 0) is 55.5 Å². The first kappa shape index (κ1) is 22.6. The summed E-state index contributed by atoms with van der Waals surface area (Å²) in [5.74, 6) is 0.436. The molecule has 1 fully saturated rings. The van der Waals surface area contributed by atoms with E-state index in [4.69, 9.17) is 4.74 Å². The maximum atomic E-state index is 13.0. The van der Waals surface area contributed by atoms with Crippen molar-refractivity contribution in [1.82, 2.24) is 4.31 Å². The number of hydrogen-bond donors (Lipinski definition) is 1. The number of carbonyl (C=O) groups excluding carboxylic acids is 1. The third-order valence-electron chi connectivity index (χ3n) is 5.88. The Morgan fingerprint density at radius 3 is 2.28 bits per heavy atom. The molecular weight excluding hydrogens is 444 g/mol. The number of anilines is 1. The summed E-state index contributed by atoms with van der Waals surface area (Å²) in [6.45, 7) is 0.655. The Balaban J connectivity index is 1.43. The molecule has 8 heteroatoms. The molecule has 168 valence electrons. The highest BCUT2D eigenvalue weighted by atomic mass is 32.2. The number of ether oxygens (including phenoxy) is 1. The highest BCUT2D eigenvalue weighted by molar-refractivity contribution is 7.98. The van der Waals surface area contributed by atoms with Crippen LogP contribution in [0, 0.1) is 5.92 Å². The minimum atomic E-state index is -3.55. The summed E-state index contributed by atoms with van der Waals surface area (Å²) < 4.78 is 32.8. The molecule has 0 aliphatic carbocycles. The molecule has 1 aliphatic rings. The van der Waals surface area contributed by atoms with Gasteiger partial charge in [-0.15, -0.1) is 11.8 Å². The molecule has 0 radical (unpaired) electrons. The lowest BCUT2D eigenvalue weighted by Gasteiger charge is -2.30. The Morgan fingerprint density at radius 2 is 1.66 bits per heavy atom. The third-order valence-corrected chi connectivity index (χ3v) is 8.54. The number of benzene rings is 3. The summed E-state index contributed by atoms with van der Waals surface area (Å²) in [6.07, 6.45) is 2.93. The van der Waals surface area contributed by atoms with E-state index in [1.165, 1.54) is 4.31 Å². The number of rotatable bonds is 6. The number of methoxy groups -OCH3 is 1. The van der Waals surface area contributed by atoms with Crippen LogP contribution in [0.2, 0.25) is 0 Å². The molecule has 0 spiro atoms. The fourth-order valence-electron chi connectivity index (χ4n) is 4.05. The van der Waals surface area contributed by atoms with E-state index in [0.717, 1.165) is 27.1 Å². The Bertz CT molecular complexity index is 1220. The number of carbonyl (C=O) groups is 1. The van der Waals surface area contributed by atoms with E-state index in [9.17, 15) is 13.2 Å². The van der Waals surface area contributed by atoms with E-state index >= 15 is 0 Å². The Morgan fingerprint density at radius 1 is 1.00 bits per heavy atom. The molecule has 6 nitrogen and oxygen atoms in total. The lowest BCUT2D eigenvalue weighted by Crippen LogP contribution is -2.41. The number of fused-ring (bicyclic) bond motifs is 1. The van der Waals surface area contributed by atoms with Crippen LogP contribution in [0.4, 0.5) is 5.69 Å². The molecule has 1 N–H and O–H groups in total. The monoisotopic (exact) mass is 470 g/mol. The molecule has 0 aromatic heterocycles. The van der Waals surface area contributed by atoms with Gasteiger partial charge in [0.2, 0.25) is 15.9 Å². The highest BCUT2D eigenvalue weighted by Gasteiger charge is 2.32. The molecular formula is C24H26N2O4S2. The summed E-state index contributed by atoms with van der Waals surface area (Å²) in [5.41, 5.74) is 0.732. The van der Waals surface area contributed by atoms with Gasteiger partial charge in [0, 0.05) is 40.4 Å². The van der Waals surface area contributed by atoms with Gasteiger partial charge in [-0.1, -0.05) is 24.3 Å². The van der Waals surface area contributed by atoms with Gasteiger partial charge in [0.15, 0.2) is 0 Å². The van der Waals surface area contributed by atoms with Gasteiger partial charge in [0.25, 0.3) is 0 Å². The molecule has 1 aliphatic heterocycles. The van der Waals surface area contributed by atoms with Gasteiger partial charge < -0.3 is 10.1 Å². The van der Waals surface area contributed by atoms with Crippen molar-refractivity contribution in [3.8, 4) is 5.75 Å². The summed E-state index contributed by atoms with van der Waals surface area (Å²) in [5, 5.41) is 4.88. The van der Waals surface area contributed by atoms with E-state index < -0.39 is 10.0 Å². The number of piperidine rings is 1. The first-order valence-corrected chi connectivity index (χ1v) is 13.1. The van der Waals surface area contributed by atoms with Crippen molar-refractivity contribution >= 4 is 44.2 Å². The number of thioether (sulfide) groups is 1. The van der Waals surface area contributed by atoms with Crippen molar-refractivity contribution < 1.29 is 17.9 Å². The molecule has 0 saturated carbocycles. The van der Waals surface area contributed by atoms with Crippen LogP contribution in [-0.4, -0.2) is 45.1 Å². The second-order valence-corrected chi connectivity index (χ2v) is 10.5. The van der Waals surface area contributed by atoms with Crippen molar-refractivity contribution in [2.75, 3.05) is 31.8 Å². The fraction of sp³-hybridized carbons (Fsp3) is 0.292. The lowest BCUT2D eigenvalue weighted by atomic mass is 9.97. The van der Waals surface area contributed by atoms with E-state index in [0.29, 0.717) is 30.8 Å². The molecule has 0 atom stereocenters. The first-order chi connectivity index (χ1) is 15.4. The average Bonchev–Trinajstić information content (AvgIpc) is 2.84. The van der Waals surface area contributed by atoms with Crippen molar-refractivity contribution in [2.24, 2.45) is 5.92 Å². The molecule has 1 heterocycles. The second kappa shape index (κ2) is 9.52. The minimum Gasteiger partial charge on any atom is -0.496 e. The van der Waals surface area contributed by atoms with Gasteiger partial charge in [-0.3, -0.25) is 4.79 Å². The van der Waals surface area contributed by atoms with Gasteiger partial charge in [0.05, 0.1) is 12.0 Å². The number of nitrogens with one attached hydrogen (secondary N) is 1. The third kappa shape index (κ3) is 4.48. The maximum Gasteiger partial charge on any atom is 0.243 e. The Kier molecular flexibility index (Phi) is 6.74. The zero-order valence-electron chi connectivity index (χ0n) is 18.1. The topological polar surface area (TPSA) is 75.7 Å². The predicted molar refractivity (Wildman–Crippen MR) is 129 cm³/mol. The maximum absolute atomic E-state index is 13.0. The molecule has 1 amide bonds. The fourth-order valence-corrected chi connectivity index (χ4v) is 5.93. The van der Waals surface area contributed by atoms with Crippen LogP contribution < -0.4 is 10.1 Å². The van der Waals surface area contributed by atoms with Crippen LogP contribution in [0.25, 0.3) is 10.8 Å². The van der Waals surface area contributed by atoms with E-state index in [2.05, 4.69) is 5.32 Å². The van der Waals surface area contributed by atoms with Gasteiger partial charge in [-0.25, -0.2) is 8.42 Å². The van der Waals surface area contributed by atoms with Gasteiger partial charge in [-0.2, -0.15) is 4.31 Å². The van der Waals surface area contributed by atoms with Crippen molar-refractivity contribution in [3.05, 3.63) is 60.7 Å². The molecule has 0 bridgehead atoms. The second-order valence-electron chi connectivity index (χ2n) is 7.70. The number of nitrogens with zero attached hydrogens (tertiary/aromatic N) is 1. The summed E-state index contributed by atoms with van der Waals surface area (Å²) in [7, 11) is -1.93. The first-order valence-electron chi connectivity index (χ1n) is 10.4. The van der Waals surface area contributed by atoms with Crippen molar-refractivity contribution in [1.29, 1.82) is 0 Å². The SMILES string of the molecule is COc1ccc(NC(=O)C2CCN(S(=O)(=O)c3ccc(SC)cc3)CC2)c2ccccc12. The number of sulfonamides is 1. The quantitative estimate of drug-likeness (QED) is 0.533. The molecule has 3 aromatic carbocycles. The van der Waals surface area contributed by atoms with Gasteiger partial charge >= 0.3 is 0 Å². The zero-order valence-corrected chi connectivity index (χ0v) is 19.7. The molecule has 1 saturated heterocycles. The summed E-state index contributed by atoms with van der Waals surface area (Å²) in [4.78, 5) is 14.3. The highest BCUT2D eigenvalue weighted by Crippen LogP contribution is 2.32. The molecule has 3 aromatic rings. The standard InChI is InChI=1S/C24H26N2O4S2/c1-30-23-12-11-22(20-5-3-4-6-21(20)23)25-24(27)17-13-15-26(16-14-17)32(28,29)19-9-7-18(31-2)8-10-19/h3-12,17H,13-16H2,1-2H3,(H,25,27). The smallest absolute Gasteiger partial charge is 0.243 e. The normalized spacial score (nSPS) is 15.6. The van der Waals surface area contributed by atoms with Crippen LogP contribution in [-0.2, 0) is 14.8 Å². The lowest BCUT2D eigenvalue weighted by molar-refractivity contribution is -0.120. The van der Waals surface area contributed by atoms with E-state index in [-0.39, 0.29) is 11.8 Å². The van der Waals surface area contributed by atoms with Crippen LogP contribution in [0.1, 0.15) is 12.8 Å². The minimum absolute atomic E-state index is 0.0818.